The minimum Gasteiger partial charge on any atom is -0.493 e. The van der Waals surface area contributed by atoms with E-state index in [4.69, 9.17) is 15.2 Å². The molecule has 20 heavy (non-hydrogen) atoms. The van der Waals surface area contributed by atoms with E-state index in [1.54, 1.807) is 14.2 Å². The number of amides is 1. The molecule has 0 saturated carbocycles. The number of halogens is 1. The second kappa shape index (κ2) is 8.11. The van der Waals surface area contributed by atoms with Gasteiger partial charge in [-0.1, -0.05) is 29.3 Å². The van der Waals surface area contributed by atoms with E-state index in [0.29, 0.717) is 24.5 Å². The quantitative estimate of drug-likeness (QED) is 0.795. The van der Waals surface area contributed by atoms with Crippen molar-refractivity contribution in [2.45, 2.75) is 32.4 Å². The number of benzene rings is 1. The predicted octanol–water partition coefficient (Wildman–Crippen LogP) is 2.21. The standard InChI is InChI=1S/C14H21BrN2O3/c1-4-5-11(16)14(18)17-8-9-6-12(19-2)13(20-3)7-10(9)15/h6-7,11H,4-5,8,16H2,1-3H3,(H,17,18). The number of hydrogen-bond acceptors (Lipinski definition) is 4. The van der Waals surface area contributed by atoms with Gasteiger partial charge in [0.25, 0.3) is 0 Å². The van der Waals surface area contributed by atoms with Crippen molar-refractivity contribution < 1.29 is 14.3 Å². The van der Waals surface area contributed by atoms with Crippen LogP contribution in [-0.2, 0) is 11.3 Å². The molecule has 5 nitrogen and oxygen atoms in total. The van der Waals surface area contributed by atoms with Gasteiger partial charge in [0.05, 0.1) is 20.3 Å². The fraction of sp³-hybridized carbons (Fsp3) is 0.500. The molecule has 0 fully saturated rings. The number of nitrogens with two attached hydrogens (primary N) is 1. The van der Waals surface area contributed by atoms with Crippen LogP contribution in [0.5, 0.6) is 11.5 Å². The van der Waals surface area contributed by atoms with Crippen LogP contribution in [0.15, 0.2) is 16.6 Å². The SMILES string of the molecule is CCCC(N)C(=O)NCc1cc(OC)c(OC)cc1Br. The van der Waals surface area contributed by atoms with Gasteiger partial charge in [0.1, 0.15) is 0 Å². The first kappa shape index (κ1) is 16.8. The Morgan fingerprint density at radius 3 is 2.50 bits per heavy atom. The number of nitrogens with one attached hydrogen (secondary N) is 1. The second-order valence-electron chi connectivity index (χ2n) is 4.41. The molecule has 0 aliphatic heterocycles. The Bertz CT molecular complexity index is 466. The molecule has 0 aliphatic rings. The van der Waals surface area contributed by atoms with Crippen LogP contribution in [0.3, 0.4) is 0 Å². The third-order valence-electron chi connectivity index (χ3n) is 2.94. The molecular weight excluding hydrogens is 324 g/mol. The van der Waals surface area contributed by atoms with Gasteiger partial charge in [-0.2, -0.15) is 0 Å². The molecule has 0 spiro atoms. The van der Waals surface area contributed by atoms with Crippen molar-refractivity contribution in [1.82, 2.24) is 5.32 Å². The van der Waals surface area contributed by atoms with E-state index < -0.39 is 6.04 Å². The molecule has 0 bridgehead atoms. The van der Waals surface area contributed by atoms with Crippen molar-refractivity contribution in [3.05, 3.63) is 22.2 Å². The van der Waals surface area contributed by atoms with Gasteiger partial charge >= 0.3 is 0 Å². The largest absolute Gasteiger partial charge is 0.493 e. The highest BCUT2D eigenvalue weighted by atomic mass is 79.9. The van der Waals surface area contributed by atoms with E-state index >= 15 is 0 Å². The predicted molar refractivity (Wildman–Crippen MR) is 82.0 cm³/mol. The molecule has 1 amide bonds. The van der Waals surface area contributed by atoms with Gasteiger partial charge in [-0.3, -0.25) is 4.79 Å². The summed E-state index contributed by atoms with van der Waals surface area (Å²) in [5, 5.41) is 2.82. The van der Waals surface area contributed by atoms with Gasteiger partial charge in [-0.25, -0.2) is 0 Å². The summed E-state index contributed by atoms with van der Waals surface area (Å²) in [7, 11) is 3.15. The summed E-state index contributed by atoms with van der Waals surface area (Å²) in [4.78, 5) is 11.8. The van der Waals surface area contributed by atoms with Crippen molar-refractivity contribution in [3.63, 3.8) is 0 Å². The van der Waals surface area contributed by atoms with Crippen LogP contribution in [0.25, 0.3) is 0 Å². The molecule has 0 heterocycles. The van der Waals surface area contributed by atoms with E-state index in [0.717, 1.165) is 16.5 Å². The number of methoxy groups -OCH3 is 2. The normalized spacial score (nSPS) is 11.8. The van der Waals surface area contributed by atoms with Gasteiger partial charge in [-0.15, -0.1) is 0 Å². The van der Waals surface area contributed by atoms with Gasteiger partial charge < -0.3 is 20.5 Å². The minimum atomic E-state index is -0.459. The first-order valence-electron chi connectivity index (χ1n) is 6.47. The fourth-order valence-corrected chi connectivity index (χ4v) is 2.25. The monoisotopic (exact) mass is 344 g/mol. The van der Waals surface area contributed by atoms with Crippen LogP contribution in [0, 0.1) is 0 Å². The Morgan fingerprint density at radius 1 is 1.35 bits per heavy atom. The molecule has 112 valence electrons. The van der Waals surface area contributed by atoms with Crippen LogP contribution in [-0.4, -0.2) is 26.2 Å². The third kappa shape index (κ3) is 4.38. The maximum absolute atomic E-state index is 11.8. The highest BCUT2D eigenvalue weighted by Crippen LogP contribution is 2.33. The van der Waals surface area contributed by atoms with Crippen molar-refractivity contribution in [2.75, 3.05) is 14.2 Å². The lowest BCUT2D eigenvalue weighted by molar-refractivity contribution is -0.122. The van der Waals surface area contributed by atoms with E-state index in [1.807, 2.05) is 19.1 Å². The highest BCUT2D eigenvalue weighted by molar-refractivity contribution is 9.10. The summed E-state index contributed by atoms with van der Waals surface area (Å²) in [6, 6.07) is 3.18. The summed E-state index contributed by atoms with van der Waals surface area (Å²) in [6.07, 6.45) is 1.56. The molecule has 1 aromatic rings. The molecule has 1 atom stereocenters. The molecule has 1 unspecified atom stereocenters. The van der Waals surface area contributed by atoms with E-state index in [1.165, 1.54) is 0 Å². The maximum atomic E-state index is 11.8. The van der Waals surface area contributed by atoms with Crippen molar-refractivity contribution in [3.8, 4) is 11.5 Å². The van der Waals surface area contributed by atoms with Crippen molar-refractivity contribution >= 4 is 21.8 Å². The van der Waals surface area contributed by atoms with E-state index in [2.05, 4.69) is 21.2 Å². The van der Waals surface area contributed by atoms with Gasteiger partial charge in [0.2, 0.25) is 5.91 Å². The molecule has 0 saturated heterocycles. The number of rotatable bonds is 7. The summed E-state index contributed by atoms with van der Waals surface area (Å²) in [6.45, 7) is 2.38. The first-order chi connectivity index (χ1) is 9.53. The Labute approximate surface area is 127 Å². The third-order valence-corrected chi connectivity index (χ3v) is 3.68. The second-order valence-corrected chi connectivity index (χ2v) is 5.27. The topological polar surface area (TPSA) is 73.6 Å². The van der Waals surface area contributed by atoms with E-state index in [-0.39, 0.29) is 5.91 Å². The molecule has 6 heteroatoms. The number of ether oxygens (including phenoxy) is 2. The van der Waals surface area contributed by atoms with E-state index in [9.17, 15) is 4.79 Å². The van der Waals surface area contributed by atoms with Crippen LogP contribution >= 0.6 is 15.9 Å². The van der Waals surface area contributed by atoms with Crippen LogP contribution in [0.4, 0.5) is 0 Å². The van der Waals surface area contributed by atoms with Gasteiger partial charge in [0.15, 0.2) is 11.5 Å². The summed E-state index contributed by atoms with van der Waals surface area (Å²) >= 11 is 3.45. The molecule has 0 aliphatic carbocycles. The first-order valence-corrected chi connectivity index (χ1v) is 7.26. The molecule has 3 N–H and O–H groups in total. The smallest absolute Gasteiger partial charge is 0.237 e. The fourth-order valence-electron chi connectivity index (χ4n) is 1.79. The van der Waals surface area contributed by atoms with Gasteiger partial charge in [-0.05, 0) is 24.1 Å². The Hall–Kier alpha value is -1.27. The summed E-state index contributed by atoms with van der Waals surface area (Å²) in [5.41, 5.74) is 6.67. The Kier molecular flexibility index (Phi) is 6.81. The van der Waals surface area contributed by atoms with Crippen molar-refractivity contribution in [2.24, 2.45) is 5.73 Å². The molecule has 0 radical (unpaired) electrons. The lowest BCUT2D eigenvalue weighted by atomic mass is 10.1. The minimum absolute atomic E-state index is 0.145. The van der Waals surface area contributed by atoms with Crippen molar-refractivity contribution in [1.29, 1.82) is 0 Å². The van der Waals surface area contributed by atoms with Crippen LogP contribution in [0.2, 0.25) is 0 Å². The Balaban J connectivity index is 2.75. The zero-order valence-corrected chi connectivity index (χ0v) is 13.6. The molecule has 1 aromatic carbocycles. The lowest BCUT2D eigenvalue weighted by Gasteiger charge is -2.14. The number of carbonyl (C=O) groups excluding carboxylic acids is 1. The molecule has 1 rings (SSSR count). The average Bonchev–Trinajstić information content (AvgIpc) is 2.45. The summed E-state index contributed by atoms with van der Waals surface area (Å²) < 4.78 is 11.3. The molecular formula is C14H21BrN2O3. The maximum Gasteiger partial charge on any atom is 0.237 e. The zero-order valence-electron chi connectivity index (χ0n) is 12.0. The van der Waals surface area contributed by atoms with Crippen LogP contribution in [0.1, 0.15) is 25.3 Å². The number of carbonyl (C=O) groups is 1. The summed E-state index contributed by atoms with van der Waals surface area (Å²) in [5.74, 6) is 1.11. The Morgan fingerprint density at radius 2 is 1.95 bits per heavy atom. The average molecular weight is 345 g/mol. The lowest BCUT2D eigenvalue weighted by Crippen LogP contribution is -2.40. The number of hydrogen-bond donors (Lipinski definition) is 2. The molecule has 0 aromatic heterocycles. The van der Waals surface area contributed by atoms with Gasteiger partial charge in [0, 0.05) is 11.0 Å². The van der Waals surface area contributed by atoms with Crippen LogP contribution < -0.4 is 20.5 Å². The highest BCUT2D eigenvalue weighted by Gasteiger charge is 2.14. The zero-order chi connectivity index (χ0) is 15.1.